The zero-order valence-corrected chi connectivity index (χ0v) is 15.7. The Balaban J connectivity index is 1.70. The van der Waals surface area contributed by atoms with Gasteiger partial charge in [-0.2, -0.15) is 5.10 Å². The van der Waals surface area contributed by atoms with Gasteiger partial charge in [-0.1, -0.05) is 0 Å². The molecule has 0 unspecified atom stereocenters. The quantitative estimate of drug-likeness (QED) is 0.670. The number of aromatic nitrogens is 5. The van der Waals surface area contributed by atoms with Gasteiger partial charge in [0.25, 0.3) is 5.91 Å². The molecule has 142 valence electrons. The van der Waals surface area contributed by atoms with Crippen LogP contribution in [-0.4, -0.2) is 79.8 Å². The average Bonchev–Trinajstić information content (AvgIpc) is 3.26. The van der Waals surface area contributed by atoms with Crippen molar-refractivity contribution in [3.05, 3.63) is 48.3 Å². The minimum Gasteiger partial charge on any atom is -0.373 e. The van der Waals surface area contributed by atoms with Gasteiger partial charge in [-0.25, -0.2) is 9.97 Å². The fourth-order valence-corrected chi connectivity index (χ4v) is 3.54. The molecule has 3 aromatic heterocycles. The number of nitrogens with zero attached hydrogens (tertiary/aromatic N) is 7. The van der Waals surface area contributed by atoms with Crippen molar-refractivity contribution in [2.75, 3.05) is 33.8 Å². The second-order valence-corrected chi connectivity index (χ2v) is 7.02. The number of carbonyl (C=O) groups is 1. The molecule has 27 heavy (non-hydrogen) atoms. The molecule has 4 heterocycles. The maximum atomic E-state index is 13.3. The van der Waals surface area contributed by atoms with Gasteiger partial charge in [0.05, 0.1) is 24.9 Å². The van der Waals surface area contributed by atoms with Gasteiger partial charge in [-0.05, 0) is 20.2 Å². The molecule has 1 aliphatic heterocycles. The number of likely N-dealkylation sites (N-methyl/N-ethyl adjacent to an activating group) is 1. The SMILES string of the molecule is CN(C)C[C@@H]1OCCN(C(=O)c2cn3cccnc3n2)[C@H]1c1cnn(C)c1. The van der Waals surface area contributed by atoms with Crippen LogP contribution in [-0.2, 0) is 11.8 Å². The number of aryl methyl sites for hydroxylation is 1. The number of hydrogen-bond donors (Lipinski definition) is 0. The summed E-state index contributed by atoms with van der Waals surface area (Å²) in [6.07, 6.45) is 8.81. The van der Waals surface area contributed by atoms with E-state index >= 15 is 0 Å². The number of morpholine rings is 1. The molecule has 0 saturated carbocycles. The fourth-order valence-electron chi connectivity index (χ4n) is 3.54. The van der Waals surface area contributed by atoms with Gasteiger partial charge in [0.1, 0.15) is 5.69 Å². The van der Waals surface area contributed by atoms with Crippen molar-refractivity contribution in [1.29, 1.82) is 0 Å². The minimum atomic E-state index is -0.222. The van der Waals surface area contributed by atoms with Gasteiger partial charge in [-0.15, -0.1) is 0 Å². The maximum absolute atomic E-state index is 13.3. The minimum absolute atomic E-state index is 0.124. The molecular weight excluding hydrogens is 346 g/mol. The van der Waals surface area contributed by atoms with Gasteiger partial charge in [-0.3, -0.25) is 13.9 Å². The molecule has 2 atom stereocenters. The number of imidazole rings is 1. The fraction of sp³-hybridized carbons (Fsp3) is 0.444. The Labute approximate surface area is 157 Å². The summed E-state index contributed by atoms with van der Waals surface area (Å²) >= 11 is 0. The molecule has 4 rings (SSSR count). The van der Waals surface area contributed by atoms with E-state index in [2.05, 4.69) is 20.0 Å². The molecule has 1 amide bonds. The van der Waals surface area contributed by atoms with Crippen molar-refractivity contribution in [3.63, 3.8) is 0 Å². The lowest BCUT2D eigenvalue weighted by molar-refractivity contribution is -0.0686. The highest BCUT2D eigenvalue weighted by Crippen LogP contribution is 2.31. The van der Waals surface area contributed by atoms with Crippen LogP contribution in [0.1, 0.15) is 22.1 Å². The van der Waals surface area contributed by atoms with Crippen molar-refractivity contribution >= 4 is 11.7 Å². The Morgan fingerprint density at radius 2 is 2.22 bits per heavy atom. The number of carbonyl (C=O) groups excluding carboxylic acids is 1. The van der Waals surface area contributed by atoms with Crippen LogP contribution in [0.5, 0.6) is 0 Å². The summed E-state index contributed by atoms with van der Waals surface area (Å²) in [4.78, 5) is 25.8. The molecule has 1 saturated heterocycles. The lowest BCUT2D eigenvalue weighted by Gasteiger charge is -2.41. The van der Waals surface area contributed by atoms with Crippen LogP contribution in [0.4, 0.5) is 0 Å². The van der Waals surface area contributed by atoms with Crippen LogP contribution in [0.2, 0.25) is 0 Å². The smallest absolute Gasteiger partial charge is 0.274 e. The maximum Gasteiger partial charge on any atom is 0.274 e. The van der Waals surface area contributed by atoms with Gasteiger partial charge >= 0.3 is 0 Å². The highest BCUT2D eigenvalue weighted by atomic mass is 16.5. The third-order valence-electron chi connectivity index (χ3n) is 4.68. The Morgan fingerprint density at radius 3 is 2.93 bits per heavy atom. The molecule has 3 aromatic rings. The van der Waals surface area contributed by atoms with Crippen LogP contribution in [0.25, 0.3) is 5.78 Å². The van der Waals surface area contributed by atoms with E-state index in [9.17, 15) is 4.79 Å². The number of hydrogen-bond acceptors (Lipinski definition) is 6. The number of rotatable bonds is 4. The highest BCUT2D eigenvalue weighted by molar-refractivity contribution is 5.93. The van der Waals surface area contributed by atoms with Crippen LogP contribution in [0, 0.1) is 0 Å². The molecule has 0 spiro atoms. The third kappa shape index (κ3) is 3.43. The molecule has 1 fully saturated rings. The summed E-state index contributed by atoms with van der Waals surface area (Å²) in [7, 11) is 5.87. The summed E-state index contributed by atoms with van der Waals surface area (Å²) in [6.45, 7) is 1.70. The van der Waals surface area contributed by atoms with Crippen LogP contribution in [0.3, 0.4) is 0 Å². The molecule has 0 bridgehead atoms. The van der Waals surface area contributed by atoms with E-state index < -0.39 is 0 Å². The Bertz CT molecular complexity index is 915. The predicted octanol–water partition coefficient (Wildman–Crippen LogP) is 0.607. The molecule has 9 nitrogen and oxygen atoms in total. The van der Waals surface area contributed by atoms with E-state index in [-0.39, 0.29) is 18.1 Å². The second-order valence-electron chi connectivity index (χ2n) is 7.02. The number of amides is 1. The molecule has 0 radical (unpaired) electrons. The van der Waals surface area contributed by atoms with Crippen molar-refractivity contribution in [2.45, 2.75) is 12.1 Å². The summed E-state index contributed by atoms with van der Waals surface area (Å²) in [5, 5.41) is 4.29. The normalized spacial score (nSPS) is 20.5. The molecular formula is C18H23N7O2. The van der Waals surface area contributed by atoms with Gasteiger partial charge < -0.3 is 14.5 Å². The van der Waals surface area contributed by atoms with Gasteiger partial charge in [0.2, 0.25) is 5.78 Å². The van der Waals surface area contributed by atoms with Crippen molar-refractivity contribution in [3.8, 4) is 0 Å². The van der Waals surface area contributed by atoms with Crippen LogP contribution < -0.4 is 0 Å². The van der Waals surface area contributed by atoms with Crippen LogP contribution in [0.15, 0.2) is 37.1 Å². The first-order chi connectivity index (χ1) is 13.0. The molecule has 0 aromatic carbocycles. The van der Waals surface area contributed by atoms with Crippen molar-refractivity contribution < 1.29 is 9.53 Å². The van der Waals surface area contributed by atoms with Gasteiger partial charge in [0.15, 0.2) is 0 Å². The number of ether oxygens (including phenoxy) is 1. The average molecular weight is 369 g/mol. The third-order valence-corrected chi connectivity index (χ3v) is 4.68. The zero-order chi connectivity index (χ0) is 19.0. The summed E-state index contributed by atoms with van der Waals surface area (Å²) < 4.78 is 9.53. The van der Waals surface area contributed by atoms with Crippen molar-refractivity contribution in [2.24, 2.45) is 7.05 Å². The second kappa shape index (κ2) is 7.09. The largest absolute Gasteiger partial charge is 0.373 e. The van der Waals surface area contributed by atoms with E-state index in [1.165, 1.54) is 0 Å². The monoisotopic (exact) mass is 369 g/mol. The lowest BCUT2D eigenvalue weighted by Crippen LogP contribution is -2.51. The van der Waals surface area contributed by atoms with E-state index in [1.807, 2.05) is 44.5 Å². The van der Waals surface area contributed by atoms with E-state index in [0.29, 0.717) is 31.2 Å². The zero-order valence-electron chi connectivity index (χ0n) is 15.7. The summed E-state index contributed by atoms with van der Waals surface area (Å²) in [6, 6.07) is 1.59. The highest BCUT2D eigenvalue weighted by Gasteiger charge is 2.38. The standard InChI is InChI=1S/C18H23N7O2/c1-22(2)12-15-16(13-9-20-23(3)10-13)25(7-8-27-15)17(26)14-11-24-6-4-5-19-18(24)21-14/h4-6,9-11,15-16H,7-8,12H2,1-3H3/t15-,16-/m0/s1. The first-order valence-corrected chi connectivity index (χ1v) is 8.88. The molecule has 0 aliphatic carbocycles. The molecule has 1 aliphatic rings. The predicted molar refractivity (Wildman–Crippen MR) is 98.3 cm³/mol. The van der Waals surface area contributed by atoms with E-state index in [0.717, 1.165) is 5.56 Å². The van der Waals surface area contributed by atoms with Crippen LogP contribution >= 0.6 is 0 Å². The first-order valence-electron chi connectivity index (χ1n) is 8.88. The molecule has 9 heteroatoms. The Kier molecular flexibility index (Phi) is 4.63. The lowest BCUT2D eigenvalue weighted by atomic mass is 10.00. The topological polar surface area (TPSA) is 80.8 Å². The summed E-state index contributed by atoms with van der Waals surface area (Å²) in [5.41, 5.74) is 1.34. The van der Waals surface area contributed by atoms with E-state index in [1.54, 1.807) is 27.7 Å². The molecule has 0 N–H and O–H groups in total. The van der Waals surface area contributed by atoms with E-state index in [4.69, 9.17) is 4.74 Å². The van der Waals surface area contributed by atoms with Gasteiger partial charge in [0, 0.05) is 50.5 Å². The number of fused-ring (bicyclic) bond motifs is 1. The first kappa shape index (κ1) is 17.6. The van der Waals surface area contributed by atoms with Crippen molar-refractivity contribution in [1.82, 2.24) is 33.9 Å². The Hall–Kier alpha value is -2.78. The Morgan fingerprint density at radius 1 is 1.37 bits per heavy atom. The summed E-state index contributed by atoms with van der Waals surface area (Å²) in [5.74, 6) is 0.387.